The molecule has 0 saturated heterocycles. The van der Waals surface area contributed by atoms with Crippen molar-refractivity contribution in [1.82, 2.24) is 4.90 Å². The molecule has 52 valence electrons. The van der Waals surface area contributed by atoms with E-state index in [0.717, 1.165) is 0 Å². The second-order valence-corrected chi connectivity index (χ2v) is 1.44. The minimum Gasteiger partial charge on any atom is -0.395 e. The highest BCUT2D eigenvalue weighted by Crippen LogP contribution is 1.72. The number of nitrogens with zero attached hydrogens (tertiary/aromatic N) is 1. The van der Waals surface area contributed by atoms with Crippen molar-refractivity contribution in [3.05, 3.63) is 0 Å². The standard InChI is InChI=1S/C4H11NO2.CH4/c1-5(4-7)2-3-6;/h6-7H,2-4H2,1H3;1H4. The van der Waals surface area contributed by atoms with Crippen LogP contribution in [0.4, 0.5) is 0 Å². The Labute approximate surface area is 50.6 Å². The number of aliphatic hydroxyl groups excluding tert-OH is 2. The highest BCUT2D eigenvalue weighted by Gasteiger charge is 1.88. The van der Waals surface area contributed by atoms with Gasteiger partial charge in [-0.1, -0.05) is 7.43 Å². The van der Waals surface area contributed by atoms with Gasteiger partial charge >= 0.3 is 0 Å². The molecular formula is C5H15NO2. The lowest BCUT2D eigenvalue weighted by Gasteiger charge is -2.08. The number of aliphatic hydroxyl groups is 2. The molecule has 0 aliphatic rings. The first-order chi connectivity index (χ1) is 3.31. The molecule has 3 heteroatoms. The summed E-state index contributed by atoms with van der Waals surface area (Å²) in [6.07, 6.45) is 0. The van der Waals surface area contributed by atoms with Gasteiger partial charge < -0.3 is 10.2 Å². The SMILES string of the molecule is C.CN(CO)CCO. The van der Waals surface area contributed by atoms with E-state index in [1.165, 1.54) is 0 Å². The fraction of sp³-hybridized carbons (Fsp3) is 1.00. The Bertz CT molecular complexity index is 41.4. The van der Waals surface area contributed by atoms with Crippen LogP contribution >= 0.6 is 0 Å². The molecule has 0 bridgehead atoms. The van der Waals surface area contributed by atoms with Gasteiger partial charge in [-0.25, -0.2) is 0 Å². The molecular weight excluding hydrogens is 106 g/mol. The fourth-order valence-corrected chi connectivity index (χ4v) is 0.241. The Morgan fingerprint density at radius 2 is 1.88 bits per heavy atom. The van der Waals surface area contributed by atoms with Gasteiger partial charge in [-0.3, -0.25) is 4.90 Å². The van der Waals surface area contributed by atoms with Crippen molar-refractivity contribution in [1.29, 1.82) is 0 Å². The molecule has 0 aliphatic carbocycles. The minimum absolute atomic E-state index is 0. The lowest BCUT2D eigenvalue weighted by Crippen LogP contribution is -2.22. The van der Waals surface area contributed by atoms with E-state index in [2.05, 4.69) is 0 Å². The molecule has 0 fully saturated rings. The Hall–Kier alpha value is -0.120. The van der Waals surface area contributed by atoms with E-state index in [0.29, 0.717) is 6.54 Å². The number of rotatable bonds is 3. The zero-order valence-corrected chi connectivity index (χ0v) is 4.46. The molecule has 0 amide bonds. The van der Waals surface area contributed by atoms with Crippen LogP contribution in [0.5, 0.6) is 0 Å². The van der Waals surface area contributed by atoms with Crippen molar-refractivity contribution in [3.8, 4) is 0 Å². The van der Waals surface area contributed by atoms with E-state index in [1.54, 1.807) is 11.9 Å². The molecule has 0 unspecified atom stereocenters. The van der Waals surface area contributed by atoms with Gasteiger partial charge in [-0.15, -0.1) is 0 Å². The first kappa shape index (κ1) is 10.8. The molecule has 0 aromatic heterocycles. The normalized spacial score (nSPS) is 9.00. The number of hydrogen-bond acceptors (Lipinski definition) is 3. The van der Waals surface area contributed by atoms with Gasteiger partial charge in [0.15, 0.2) is 0 Å². The van der Waals surface area contributed by atoms with Crippen LogP contribution in [0.3, 0.4) is 0 Å². The molecule has 0 aromatic carbocycles. The molecule has 0 saturated carbocycles. The Kier molecular flexibility index (Phi) is 9.28. The van der Waals surface area contributed by atoms with E-state index in [-0.39, 0.29) is 20.8 Å². The van der Waals surface area contributed by atoms with Gasteiger partial charge in [-0.2, -0.15) is 0 Å². The molecule has 0 aromatic rings. The molecule has 0 rings (SSSR count). The third kappa shape index (κ3) is 5.88. The molecule has 0 atom stereocenters. The predicted octanol–water partition coefficient (Wildman–Crippen LogP) is -0.504. The van der Waals surface area contributed by atoms with E-state index in [4.69, 9.17) is 10.2 Å². The Morgan fingerprint density at radius 3 is 2.00 bits per heavy atom. The monoisotopic (exact) mass is 121 g/mol. The summed E-state index contributed by atoms with van der Waals surface area (Å²) in [5.41, 5.74) is 0. The van der Waals surface area contributed by atoms with E-state index < -0.39 is 0 Å². The lowest BCUT2D eigenvalue weighted by atomic mass is 10.6. The highest BCUT2D eigenvalue weighted by atomic mass is 16.3. The Balaban J connectivity index is 0. The second kappa shape index (κ2) is 6.88. The number of hydrogen-bond donors (Lipinski definition) is 2. The zero-order valence-electron chi connectivity index (χ0n) is 4.46. The quantitative estimate of drug-likeness (QED) is 0.494. The molecule has 2 N–H and O–H groups in total. The summed E-state index contributed by atoms with van der Waals surface area (Å²) < 4.78 is 0. The first-order valence-corrected chi connectivity index (χ1v) is 2.21. The van der Waals surface area contributed by atoms with Crippen molar-refractivity contribution in [2.45, 2.75) is 7.43 Å². The third-order valence-electron chi connectivity index (χ3n) is 0.723. The van der Waals surface area contributed by atoms with E-state index in [1.807, 2.05) is 0 Å². The smallest absolute Gasteiger partial charge is 0.0954 e. The molecule has 0 radical (unpaired) electrons. The van der Waals surface area contributed by atoms with Crippen LogP contribution in [0, 0.1) is 0 Å². The zero-order chi connectivity index (χ0) is 5.70. The maximum Gasteiger partial charge on any atom is 0.0954 e. The average Bonchev–Trinajstić information content (AvgIpc) is 1.68. The van der Waals surface area contributed by atoms with Crippen molar-refractivity contribution >= 4 is 0 Å². The van der Waals surface area contributed by atoms with E-state index >= 15 is 0 Å². The van der Waals surface area contributed by atoms with Crippen LogP contribution in [0.1, 0.15) is 7.43 Å². The maximum atomic E-state index is 8.28. The predicted molar refractivity (Wildman–Crippen MR) is 33.5 cm³/mol. The van der Waals surface area contributed by atoms with Gasteiger partial charge in [-0.05, 0) is 7.05 Å². The van der Waals surface area contributed by atoms with Gasteiger partial charge in [0.1, 0.15) is 0 Å². The summed E-state index contributed by atoms with van der Waals surface area (Å²) in [5.74, 6) is 0. The van der Waals surface area contributed by atoms with Crippen LogP contribution in [-0.2, 0) is 0 Å². The van der Waals surface area contributed by atoms with Crippen LogP contribution in [-0.4, -0.2) is 42.0 Å². The largest absolute Gasteiger partial charge is 0.395 e. The topological polar surface area (TPSA) is 43.7 Å². The van der Waals surface area contributed by atoms with E-state index in [9.17, 15) is 0 Å². The summed E-state index contributed by atoms with van der Waals surface area (Å²) in [7, 11) is 1.73. The van der Waals surface area contributed by atoms with Crippen LogP contribution in [0.15, 0.2) is 0 Å². The molecule has 0 heterocycles. The Morgan fingerprint density at radius 1 is 1.38 bits per heavy atom. The maximum absolute atomic E-state index is 8.28. The van der Waals surface area contributed by atoms with Crippen LogP contribution < -0.4 is 0 Å². The van der Waals surface area contributed by atoms with Crippen molar-refractivity contribution < 1.29 is 10.2 Å². The van der Waals surface area contributed by atoms with Crippen LogP contribution in [0.2, 0.25) is 0 Å². The molecule has 8 heavy (non-hydrogen) atoms. The summed E-state index contributed by atoms with van der Waals surface area (Å²) in [6, 6.07) is 0. The van der Waals surface area contributed by atoms with Crippen molar-refractivity contribution in [2.24, 2.45) is 0 Å². The average molecular weight is 121 g/mol. The summed E-state index contributed by atoms with van der Waals surface area (Å²) in [6.45, 7) is 0.661. The minimum atomic E-state index is 0. The van der Waals surface area contributed by atoms with Gasteiger partial charge in [0.2, 0.25) is 0 Å². The molecule has 0 spiro atoms. The fourth-order valence-electron chi connectivity index (χ4n) is 0.241. The van der Waals surface area contributed by atoms with Gasteiger partial charge in [0, 0.05) is 6.54 Å². The second-order valence-electron chi connectivity index (χ2n) is 1.44. The first-order valence-electron chi connectivity index (χ1n) is 2.21. The summed E-state index contributed by atoms with van der Waals surface area (Å²) >= 11 is 0. The number of likely N-dealkylation sites (N-methyl/N-ethyl adjacent to an activating group) is 1. The lowest BCUT2D eigenvalue weighted by molar-refractivity contribution is 0.111. The van der Waals surface area contributed by atoms with Crippen molar-refractivity contribution in [2.75, 3.05) is 26.9 Å². The molecule has 0 aliphatic heterocycles. The van der Waals surface area contributed by atoms with Crippen LogP contribution in [0.25, 0.3) is 0 Å². The summed E-state index contributed by atoms with van der Waals surface area (Å²) in [4.78, 5) is 1.61. The van der Waals surface area contributed by atoms with Crippen molar-refractivity contribution in [3.63, 3.8) is 0 Å². The highest BCUT2D eigenvalue weighted by molar-refractivity contribution is 4.37. The third-order valence-corrected chi connectivity index (χ3v) is 0.723. The van der Waals surface area contributed by atoms with Gasteiger partial charge in [0.25, 0.3) is 0 Å². The molecule has 3 nitrogen and oxygen atoms in total. The van der Waals surface area contributed by atoms with Gasteiger partial charge in [0.05, 0.1) is 13.3 Å². The summed E-state index contributed by atoms with van der Waals surface area (Å²) in [5, 5.41) is 16.5.